The second-order valence-corrected chi connectivity index (χ2v) is 7.39. The first-order valence-electron chi connectivity index (χ1n) is 8.18. The van der Waals surface area contributed by atoms with Gasteiger partial charge in [0.25, 0.3) is 0 Å². The predicted octanol–water partition coefficient (Wildman–Crippen LogP) is 1.12. The summed E-state index contributed by atoms with van der Waals surface area (Å²) in [6, 6.07) is 0. The van der Waals surface area contributed by atoms with E-state index in [1.165, 1.54) is 0 Å². The van der Waals surface area contributed by atoms with Gasteiger partial charge in [0.15, 0.2) is 0 Å². The molecule has 0 aromatic carbocycles. The van der Waals surface area contributed by atoms with Gasteiger partial charge in [-0.2, -0.15) is 0 Å². The molecule has 1 heterocycles. The number of carbonyl (C=O) groups is 1. The number of hydrogen-bond acceptors (Lipinski definition) is 4. The smallest absolute Gasteiger partial charge is 0.238 e. The molecule has 3 unspecified atom stereocenters. The van der Waals surface area contributed by atoms with Gasteiger partial charge in [-0.25, -0.2) is 0 Å². The zero-order valence-corrected chi connectivity index (χ0v) is 13.9. The van der Waals surface area contributed by atoms with Crippen LogP contribution in [0, 0.1) is 5.92 Å². The number of primary amides is 1. The van der Waals surface area contributed by atoms with Crippen molar-refractivity contribution < 1.29 is 9.53 Å². The number of nitrogens with two attached hydrogens (primary N) is 1. The summed E-state index contributed by atoms with van der Waals surface area (Å²) in [5, 5.41) is 3.22. The largest absolute Gasteiger partial charge is 0.370 e. The van der Waals surface area contributed by atoms with Gasteiger partial charge in [0, 0.05) is 13.1 Å². The summed E-state index contributed by atoms with van der Waals surface area (Å²) in [7, 11) is 1.86. The number of morpholine rings is 1. The van der Waals surface area contributed by atoms with Crippen LogP contribution in [0.3, 0.4) is 0 Å². The molecular formula is C16H31N3O2. The van der Waals surface area contributed by atoms with Crippen LogP contribution in [0.1, 0.15) is 46.5 Å². The quantitative estimate of drug-likeness (QED) is 0.798. The van der Waals surface area contributed by atoms with Crippen LogP contribution in [0.15, 0.2) is 0 Å². The minimum atomic E-state index is -0.493. The molecule has 0 bridgehead atoms. The van der Waals surface area contributed by atoms with E-state index in [0.717, 1.165) is 45.3 Å². The Kier molecular flexibility index (Phi) is 4.96. The van der Waals surface area contributed by atoms with E-state index in [1.54, 1.807) is 0 Å². The average molecular weight is 297 g/mol. The van der Waals surface area contributed by atoms with Gasteiger partial charge in [-0.05, 0) is 59.5 Å². The maximum atomic E-state index is 11.9. The lowest BCUT2D eigenvalue weighted by Crippen LogP contribution is -2.57. The van der Waals surface area contributed by atoms with Crippen molar-refractivity contribution in [2.24, 2.45) is 11.7 Å². The maximum absolute atomic E-state index is 11.9. The molecule has 1 aliphatic carbocycles. The Labute approximate surface area is 128 Å². The van der Waals surface area contributed by atoms with Gasteiger partial charge < -0.3 is 15.8 Å². The summed E-state index contributed by atoms with van der Waals surface area (Å²) in [4.78, 5) is 14.4. The Hall–Kier alpha value is -0.650. The highest BCUT2D eigenvalue weighted by Crippen LogP contribution is 2.38. The Balaban J connectivity index is 1.94. The molecular weight excluding hydrogens is 266 g/mol. The third kappa shape index (κ3) is 3.58. The van der Waals surface area contributed by atoms with E-state index >= 15 is 0 Å². The minimum absolute atomic E-state index is 0.0862. The van der Waals surface area contributed by atoms with E-state index in [9.17, 15) is 4.79 Å². The molecule has 5 nitrogen and oxygen atoms in total. The zero-order chi connectivity index (χ0) is 15.7. The van der Waals surface area contributed by atoms with E-state index in [1.807, 2.05) is 7.05 Å². The lowest BCUT2D eigenvalue weighted by molar-refractivity contribution is -0.131. The third-order valence-corrected chi connectivity index (χ3v) is 5.14. The monoisotopic (exact) mass is 297 g/mol. The highest BCUT2D eigenvalue weighted by Gasteiger charge is 2.46. The Morgan fingerprint density at radius 3 is 2.76 bits per heavy atom. The van der Waals surface area contributed by atoms with Gasteiger partial charge in [-0.3, -0.25) is 9.69 Å². The molecule has 3 atom stereocenters. The highest BCUT2D eigenvalue weighted by molar-refractivity contribution is 5.85. The van der Waals surface area contributed by atoms with E-state index in [0.29, 0.717) is 5.92 Å². The maximum Gasteiger partial charge on any atom is 0.238 e. The van der Waals surface area contributed by atoms with E-state index < -0.39 is 5.54 Å². The van der Waals surface area contributed by atoms with Crippen LogP contribution in [0.5, 0.6) is 0 Å². The van der Waals surface area contributed by atoms with Crippen molar-refractivity contribution in [1.82, 2.24) is 10.2 Å². The fourth-order valence-corrected chi connectivity index (χ4v) is 4.34. The van der Waals surface area contributed by atoms with Crippen molar-refractivity contribution in [3.05, 3.63) is 0 Å². The van der Waals surface area contributed by atoms with E-state index in [2.05, 4.69) is 31.0 Å². The molecule has 2 aliphatic rings. The molecule has 0 aromatic rings. The molecule has 21 heavy (non-hydrogen) atoms. The van der Waals surface area contributed by atoms with Crippen LogP contribution in [-0.2, 0) is 9.53 Å². The molecule has 1 saturated carbocycles. The summed E-state index contributed by atoms with van der Waals surface area (Å²) in [5.41, 5.74) is 5.09. The van der Waals surface area contributed by atoms with Crippen LogP contribution in [0.4, 0.5) is 0 Å². The van der Waals surface area contributed by atoms with Crippen molar-refractivity contribution in [2.75, 3.05) is 26.7 Å². The molecule has 122 valence electrons. The van der Waals surface area contributed by atoms with Crippen LogP contribution in [0.25, 0.3) is 0 Å². The summed E-state index contributed by atoms with van der Waals surface area (Å²) in [6.07, 6.45) is 4.33. The Morgan fingerprint density at radius 2 is 2.19 bits per heavy atom. The molecule has 1 saturated heterocycles. The number of amides is 1. The second kappa shape index (κ2) is 6.23. The highest BCUT2D eigenvalue weighted by atomic mass is 16.5. The van der Waals surface area contributed by atoms with Gasteiger partial charge >= 0.3 is 0 Å². The lowest BCUT2D eigenvalue weighted by Gasteiger charge is -2.42. The molecule has 0 aromatic heterocycles. The Bertz CT molecular complexity index is 386. The SMILES string of the molecule is CNC1(C(N)=O)CCCC1CCN1CC(C)OC(C)(C)C1. The first kappa shape index (κ1) is 16.7. The van der Waals surface area contributed by atoms with Crippen LogP contribution in [-0.4, -0.2) is 54.7 Å². The minimum Gasteiger partial charge on any atom is -0.370 e. The van der Waals surface area contributed by atoms with Crippen molar-refractivity contribution in [1.29, 1.82) is 0 Å². The zero-order valence-electron chi connectivity index (χ0n) is 13.9. The van der Waals surface area contributed by atoms with Gasteiger partial charge in [0.2, 0.25) is 5.91 Å². The number of carbonyl (C=O) groups excluding carboxylic acids is 1. The normalized spacial score (nSPS) is 36.8. The van der Waals surface area contributed by atoms with Crippen LogP contribution in [0.2, 0.25) is 0 Å². The standard InChI is InChI=1S/C16H31N3O2/c1-12-10-19(11-15(2,3)21-12)9-7-13-6-5-8-16(13,18-4)14(17)20/h12-13,18H,5-11H2,1-4H3,(H2,17,20). The van der Waals surface area contributed by atoms with Crippen molar-refractivity contribution in [3.8, 4) is 0 Å². The van der Waals surface area contributed by atoms with Crippen molar-refractivity contribution in [3.63, 3.8) is 0 Å². The molecule has 0 spiro atoms. The third-order valence-electron chi connectivity index (χ3n) is 5.14. The summed E-state index contributed by atoms with van der Waals surface area (Å²) in [6.45, 7) is 9.36. The number of nitrogens with zero attached hydrogens (tertiary/aromatic N) is 1. The number of hydrogen-bond donors (Lipinski definition) is 2. The average Bonchev–Trinajstić information content (AvgIpc) is 2.78. The molecule has 2 fully saturated rings. The number of likely N-dealkylation sites (N-methyl/N-ethyl adjacent to an activating group) is 1. The molecule has 2 rings (SSSR count). The van der Waals surface area contributed by atoms with Gasteiger partial charge in [-0.1, -0.05) is 6.42 Å². The molecule has 1 amide bonds. The second-order valence-electron chi connectivity index (χ2n) is 7.39. The predicted molar refractivity (Wildman–Crippen MR) is 84.0 cm³/mol. The molecule has 0 radical (unpaired) electrons. The topological polar surface area (TPSA) is 67.6 Å². The summed E-state index contributed by atoms with van der Waals surface area (Å²) < 4.78 is 5.95. The van der Waals surface area contributed by atoms with E-state index in [4.69, 9.17) is 10.5 Å². The summed E-state index contributed by atoms with van der Waals surface area (Å²) in [5.74, 6) is 0.157. The molecule has 1 aliphatic heterocycles. The fourth-order valence-electron chi connectivity index (χ4n) is 4.34. The first-order chi connectivity index (χ1) is 9.79. The number of rotatable bonds is 5. The lowest BCUT2D eigenvalue weighted by atomic mass is 9.83. The Morgan fingerprint density at radius 1 is 1.48 bits per heavy atom. The number of ether oxygens (including phenoxy) is 1. The van der Waals surface area contributed by atoms with Gasteiger partial charge in [0.05, 0.1) is 11.7 Å². The molecule has 3 N–H and O–H groups in total. The van der Waals surface area contributed by atoms with Crippen LogP contribution < -0.4 is 11.1 Å². The fraction of sp³-hybridized carbons (Fsp3) is 0.938. The van der Waals surface area contributed by atoms with Crippen LogP contribution >= 0.6 is 0 Å². The van der Waals surface area contributed by atoms with Crippen molar-refractivity contribution >= 4 is 5.91 Å². The van der Waals surface area contributed by atoms with Gasteiger partial charge in [-0.15, -0.1) is 0 Å². The van der Waals surface area contributed by atoms with E-state index in [-0.39, 0.29) is 17.6 Å². The molecule has 5 heteroatoms. The number of nitrogens with one attached hydrogen (secondary N) is 1. The summed E-state index contributed by atoms with van der Waals surface area (Å²) >= 11 is 0. The van der Waals surface area contributed by atoms with Crippen molar-refractivity contribution in [2.45, 2.75) is 63.7 Å². The van der Waals surface area contributed by atoms with Gasteiger partial charge in [0.1, 0.15) is 5.54 Å². The first-order valence-corrected chi connectivity index (χ1v) is 8.18.